The van der Waals surface area contributed by atoms with Crippen molar-refractivity contribution in [3.05, 3.63) is 35.9 Å². The van der Waals surface area contributed by atoms with E-state index in [9.17, 15) is 14.4 Å². The highest BCUT2D eigenvalue weighted by Crippen LogP contribution is 2.11. The van der Waals surface area contributed by atoms with Gasteiger partial charge in [0.15, 0.2) is 0 Å². The van der Waals surface area contributed by atoms with Crippen molar-refractivity contribution in [2.45, 2.75) is 45.2 Å². The molecule has 0 aliphatic rings. The molecule has 0 unspecified atom stereocenters. The summed E-state index contributed by atoms with van der Waals surface area (Å²) >= 11 is 0. The van der Waals surface area contributed by atoms with Crippen molar-refractivity contribution in [2.75, 3.05) is 0 Å². The van der Waals surface area contributed by atoms with Crippen LogP contribution in [0, 0.1) is 0 Å². The first-order valence-corrected chi connectivity index (χ1v) is 7.34. The number of carboxylic acid groups (broad SMARTS) is 1. The van der Waals surface area contributed by atoms with Crippen molar-refractivity contribution in [2.24, 2.45) is 0 Å². The highest BCUT2D eigenvalue weighted by atomic mass is 16.4. The monoisotopic (exact) mass is 306 g/mol. The van der Waals surface area contributed by atoms with Gasteiger partial charge in [-0.3, -0.25) is 9.59 Å². The highest BCUT2D eigenvalue weighted by molar-refractivity contribution is 6.38. The maximum atomic E-state index is 12.1. The van der Waals surface area contributed by atoms with Gasteiger partial charge in [0.2, 0.25) is 5.78 Å². The topological polar surface area (TPSA) is 95.5 Å². The predicted octanol–water partition coefficient (Wildman–Crippen LogP) is 2.26. The lowest BCUT2D eigenvalue weighted by Gasteiger charge is -2.18. The Labute approximate surface area is 129 Å². The van der Waals surface area contributed by atoms with Crippen LogP contribution in [0.1, 0.15) is 44.7 Å². The van der Waals surface area contributed by atoms with Crippen molar-refractivity contribution in [3.8, 4) is 0 Å². The molecule has 6 heteroatoms. The molecule has 3 N–H and O–H groups in total. The molecule has 120 valence electrons. The fourth-order valence-electron chi connectivity index (χ4n) is 2.08. The van der Waals surface area contributed by atoms with Gasteiger partial charge in [-0.15, -0.1) is 0 Å². The number of Topliss-reactive ketones (excluding diaryl/α,β-unsaturated/α-hetero) is 1. The van der Waals surface area contributed by atoms with Crippen LogP contribution in [0.15, 0.2) is 30.3 Å². The van der Waals surface area contributed by atoms with Gasteiger partial charge in [-0.2, -0.15) is 0 Å². The van der Waals surface area contributed by atoms with E-state index in [1.54, 1.807) is 6.92 Å². The van der Waals surface area contributed by atoms with Gasteiger partial charge in [-0.25, -0.2) is 4.79 Å². The summed E-state index contributed by atoms with van der Waals surface area (Å²) in [6.07, 6.45) is 0.485. The minimum atomic E-state index is -1.31. The van der Waals surface area contributed by atoms with Gasteiger partial charge >= 0.3 is 6.09 Å². The molecule has 0 bridgehead atoms. The Morgan fingerprint density at radius 2 is 1.77 bits per heavy atom. The van der Waals surface area contributed by atoms with E-state index in [1.807, 2.05) is 37.3 Å². The van der Waals surface area contributed by atoms with Gasteiger partial charge in [0, 0.05) is 0 Å². The van der Waals surface area contributed by atoms with Crippen LogP contribution in [0.25, 0.3) is 0 Å². The number of carbonyl (C=O) groups is 3. The normalized spacial score (nSPS) is 13.0. The van der Waals surface area contributed by atoms with Crippen LogP contribution in [0.2, 0.25) is 0 Å². The zero-order valence-electron chi connectivity index (χ0n) is 12.8. The summed E-state index contributed by atoms with van der Waals surface area (Å²) in [4.78, 5) is 34.9. The van der Waals surface area contributed by atoms with Gasteiger partial charge < -0.3 is 15.7 Å². The predicted molar refractivity (Wildman–Crippen MR) is 82.5 cm³/mol. The number of hydrogen-bond donors (Lipinski definition) is 3. The number of hydrogen-bond acceptors (Lipinski definition) is 3. The third-order valence-corrected chi connectivity index (χ3v) is 3.33. The van der Waals surface area contributed by atoms with Crippen molar-refractivity contribution in [1.82, 2.24) is 10.6 Å². The van der Waals surface area contributed by atoms with E-state index in [0.717, 1.165) is 12.0 Å². The fraction of sp³-hybridized carbons (Fsp3) is 0.438. The molecule has 0 saturated carbocycles. The molecule has 1 rings (SSSR count). The lowest BCUT2D eigenvalue weighted by atomic mass is 10.0. The Morgan fingerprint density at radius 1 is 1.14 bits per heavy atom. The Bertz CT molecular complexity index is 516. The van der Waals surface area contributed by atoms with E-state index in [1.165, 1.54) is 0 Å². The molecule has 0 saturated heterocycles. The molecule has 2 amide bonds. The number of benzene rings is 1. The van der Waals surface area contributed by atoms with Crippen LogP contribution in [0.3, 0.4) is 0 Å². The van der Waals surface area contributed by atoms with Crippen molar-refractivity contribution in [3.63, 3.8) is 0 Å². The second-order valence-electron chi connectivity index (χ2n) is 5.11. The minimum Gasteiger partial charge on any atom is -0.465 e. The second-order valence-corrected chi connectivity index (χ2v) is 5.11. The summed E-state index contributed by atoms with van der Waals surface area (Å²) < 4.78 is 0. The van der Waals surface area contributed by atoms with Gasteiger partial charge in [0.1, 0.15) is 6.04 Å². The number of amides is 2. The standard InChI is InChI=1S/C16H22N2O4/c1-3-4-10-13(18-16(21)22)14(19)15(20)17-11(2)12-8-6-5-7-9-12/h5-9,11,13,18H,3-4,10H2,1-2H3,(H,17,20)(H,21,22)/t11-,13+/m1/s1. The van der Waals surface area contributed by atoms with E-state index in [0.29, 0.717) is 12.8 Å². The largest absolute Gasteiger partial charge is 0.465 e. The summed E-state index contributed by atoms with van der Waals surface area (Å²) in [6.45, 7) is 3.70. The Kier molecular flexibility index (Phi) is 7.08. The number of rotatable bonds is 8. The molecule has 1 aromatic carbocycles. The summed E-state index contributed by atoms with van der Waals surface area (Å²) in [6, 6.07) is 7.92. The molecule has 1 aromatic rings. The molecule has 0 aliphatic heterocycles. The SMILES string of the molecule is CCCC[C@H](NC(=O)O)C(=O)C(=O)N[C@H](C)c1ccccc1. The van der Waals surface area contributed by atoms with Gasteiger partial charge in [0.25, 0.3) is 5.91 Å². The first-order valence-electron chi connectivity index (χ1n) is 7.34. The molecule has 22 heavy (non-hydrogen) atoms. The smallest absolute Gasteiger partial charge is 0.405 e. The third-order valence-electron chi connectivity index (χ3n) is 3.33. The van der Waals surface area contributed by atoms with Gasteiger partial charge in [0.05, 0.1) is 6.04 Å². The molecule has 0 radical (unpaired) electrons. The van der Waals surface area contributed by atoms with Crippen LogP contribution in [-0.4, -0.2) is 28.9 Å². The van der Waals surface area contributed by atoms with Gasteiger partial charge in [-0.05, 0) is 18.9 Å². The fourth-order valence-corrected chi connectivity index (χ4v) is 2.08. The molecular formula is C16H22N2O4. The van der Waals surface area contributed by atoms with Crippen LogP contribution in [0.5, 0.6) is 0 Å². The number of ketones is 1. The van der Waals surface area contributed by atoms with Crippen LogP contribution >= 0.6 is 0 Å². The average Bonchev–Trinajstić information content (AvgIpc) is 2.51. The molecule has 0 spiro atoms. The molecule has 2 atom stereocenters. The lowest BCUT2D eigenvalue weighted by Crippen LogP contribution is -2.47. The van der Waals surface area contributed by atoms with E-state index >= 15 is 0 Å². The first-order chi connectivity index (χ1) is 10.5. The van der Waals surface area contributed by atoms with E-state index in [-0.39, 0.29) is 6.04 Å². The van der Waals surface area contributed by atoms with E-state index in [2.05, 4.69) is 10.6 Å². The number of unbranched alkanes of at least 4 members (excludes halogenated alkanes) is 1. The summed E-state index contributed by atoms with van der Waals surface area (Å²) in [5.41, 5.74) is 0.875. The van der Waals surface area contributed by atoms with Crippen LogP contribution < -0.4 is 10.6 Å². The Balaban J connectivity index is 2.68. The van der Waals surface area contributed by atoms with Crippen molar-refractivity contribution >= 4 is 17.8 Å². The first kappa shape index (κ1) is 17.7. The molecule has 0 aliphatic carbocycles. The molecular weight excluding hydrogens is 284 g/mol. The minimum absolute atomic E-state index is 0.314. The Hall–Kier alpha value is -2.37. The molecule has 0 aromatic heterocycles. The lowest BCUT2D eigenvalue weighted by molar-refractivity contribution is -0.139. The van der Waals surface area contributed by atoms with Crippen molar-refractivity contribution in [1.29, 1.82) is 0 Å². The summed E-state index contributed by atoms with van der Waals surface area (Å²) in [5.74, 6) is -1.52. The summed E-state index contributed by atoms with van der Waals surface area (Å²) in [5, 5.41) is 13.5. The Morgan fingerprint density at radius 3 is 2.32 bits per heavy atom. The average molecular weight is 306 g/mol. The summed E-state index contributed by atoms with van der Waals surface area (Å²) in [7, 11) is 0. The molecule has 0 fully saturated rings. The van der Waals surface area contributed by atoms with Crippen LogP contribution in [-0.2, 0) is 9.59 Å². The zero-order valence-corrected chi connectivity index (χ0v) is 12.8. The van der Waals surface area contributed by atoms with Crippen LogP contribution in [0.4, 0.5) is 4.79 Å². The van der Waals surface area contributed by atoms with Crippen molar-refractivity contribution < 1.29 is 19.5 Å². The highest BCUT2D eigenvalue weighted by Gasteiger charge is 2.27. The second kappa shape index (κ2) is 8.81. The number of nitrogens with one attached hydrogen (secondary N) is 2. The molecule has 6 nitrogen and oxygen atoms in total. The quantitative estimate of drug-likeness (QED) is 0.642. The zero-order chi connectivity index (χ0) is 16.5. The van der Waals surface area contributed by atoms with E-state index in [4.69, 9.17) is 5.11 Å². The molecule has 0 heterocycles. The third kappa shape index (κ3) is 5.55. The van der Waals surface area contributed by atoms with E-state index < -0.39 is 23.8 Å². The van der Waals surface area contributed by atoms with Gasteiger partial charge in [-0.1, -0.05) is 50.1 Å². The maximum Gasteiger partial charge on any atom is 0.405 e. The maximum absolute atomic E-state index is 12.1. The number of carbonyl (C=O) groups excluding carboxylic acids is 2.